The van der Waals surface area contributed by atoms with Gasteiger partial charge < -0.3 is 15.0 Å². The first kappa shape index (κ1) is 19.4. The predicted octanol–water partition coefficient (Wildman–Crippen LogP) is 2.87. The average molecular weight is 370 g/mol. The number of nitrogens with zero attached hydrogens (tertiary/aromatic N) is 2. The first-order valence-corrected chi connectivity index (χ1v) is 9.75. The molecule has 1 amide bonds. The molecule has 2 aromatic rings. The Bertz CT molecular complexity index is 741. The number of benzene rings is 1. The second-order valence-electron chi connectivity index (χ2n) is 7.34. The van der Waals surface area contributed by atoms with Crippen LogP contribution in [0.25, 0.3) is 0 Å². The fourth-order valence-electron chi connectivity index (χ4n) is 3.81. The third kappa shape index (κ3) is 5.10. The number of aromatic amines is 1. The minimum Gasteiger partial charge on any atom is -0.497 e. The van der Waals surface area contributed by atoms with E-state index in [0.717, 1.165) is 49.7 Å². The van der Waals surface area contributed by atoms with Crippen LogP contribution in [0.4, 0.5) is 0 Å². The van der Waals surface area contributed by atoms with Crippen molar-refractivity contribution in [3.63, 3.8) is 0 Å². The molecule has 1 aliphatic rings. The lowest BCUT2D eigenvalue weighted by atomic mass is 9.94. The van der Waals surface area contributed by atoms with E-state index in [1.165, 1.54) is 12.0 Å². The number of unbranched alkanes of at least 4 members (excludes halogenated alkanes) is 1. The maximum absolute atomic E-state index is 11.7. The summed E-state index contributed by atoms with van der Waals surface area (Å²) < 4.78 is 5.26. The Labute approximate surface area is 161 Å². The highest BCUT2D eigenvalue weighted by Gasteiger charge is 2.34. The fraction of sp³-hybridized carbons (Fsp3) is 0.524. The van der Waals surface area contributed by atoms with Crippen molar-refractivity contribution >= 4 is 5.91 Å². The van der Waals surface area contributed by atoms with Gasteiger partial charge in [0.1, 0.15) is 11.6 Å². The van der Waals surface area contributed by atoms with Gasteiger partial charge in [-0.15, -0.1) is 0 Å². The first-order chi connectivity index (χ1) is 13.1. The van der Waals surface area contributed by atoms with E-state index in [1.807, 2.05) is 18.3 Å². The van der Waals surface area contributed by atoms with Crippen LogP contribution in [-0.4, -0.2) is 47.0 Å². The van der Waals surface area contributed by atoms with Crippen LogP contribution in [0, 0.1) is 0 Å². The minimum absolute atomic E-state index is 0.0174. The van der Waals surface area contributed by atoms with E-state index in [4.69, 9.17) is 4.74 Å². The summed E-state index contributed by atoms with van der Waals surface area (Å²) in [5.41, 5.74) is 2.36. The molecule has 6 nitrogen and oxygen atoms in total. The Morgan fingerprint density at radius 1 is 1.33 bits per heavy atom. The second-order valence-corrected chi connectivity index (χ2v) is 7.34. The third-order valence-corrected chi connectivity index (χ3v) is 5.17. The molecule has 0 saturated carbocycles. The smallest absolute Gasteiger partial charge is 0.217 e. The summed E-state index contributed by atoms with van der Waals surface area (Å²) in [5.74, 6) is 2.20. The average Bonchev–Trinajstić information content (AvgIpc) is 3.26. The van der Waals surface area contributed by atoms with Crippen molar-refractivity contribution in [2.75, 3.05) is 20.2 Å². The Morgan fingerprint density at radius 3 is 2.78 bits per heavy atom. The van der Waals surface area contributed by atoms with Crippen LogP contribution in [0.3, 0.4) is 0 Å². The van der Waals surface area contributed by atoms with Crippen LogP contribution in [0.1, 0.15) is 49.7 Å². The summed E-state index contributed by atoms with van der Waals surface area (Å²) in [6.45, 7) is 6.33. The summed E-state index contributed by atoms with van der Waals surface area (Å²) in [6, 6.07) is 8.27. The number of carbonyl (C=O) groups excluding carboxylic acids is 1. The van der Waals surface area contributed by atoms with Gasteiger partial charge in [0, 0.05) is 56.8 Å². The number of likely N-dealkylation sites (tertiary alicyclic amines) is 1. The normalized spacial score (nSPS) is 20.0. The van der Waals surface area contributed by atoms with Gasteiger partial charge >= 0.3 is 0 Å². The zero-order valence-corrected chi connectivity index (χ0v) is 16.5. The highest BCUT2D eigenvalue weighted by atomic mass is 16.5. The molecule has 1 aliphatic heterocycles. The highest BCUT2D eigenvalue weighted by Crippen LogP contribution is 2.30. The SMILES string of the molecule is CCCCc1ncc(CN2C[C@@H](NC(C)=O)[C@H](c3ccc(OC)cc3)C2)[nH]1. The van der Waals surface area contributed by atoms with E-state index < -0.39 is 0 Å². The van der Waals surface area contributed by atoms with Crippen LogP contribution in [-0.2, 0) is 17.8 Å². The number of aromatic nitrogens is 2. The standard InChI is InChI=1S/C21H30N4O2/c1-4-5-6-21-22-11-17(24-21)12-25-13-19(20(14-25)23-15(2)26)16-7-9-18(27-3)10-8-16/h7-11,19-20H,4-6,12-14H2,1-3H3,(H,22,24)(H,23,26)/t19-,20+/m0/s1. The molecule has 1 saturated heterocycles. The highest BCUT2D eigenvalue weighted by molar-refractivity contribution is 5.73. The van der Waals surface area contributed by atoms with E-state index in [1.54, 1.807) is 14.0 Å². The number of methoxy groups -OCH3 is 1. The van der Waals surface area contributed by atoms with Gasteiger partial charge in [0.15, 0.2) is 0 Å². The largest absolute Gasteiger partial charge is 0.497 e. The van der Waals surface area contributed by atoms with Gasteiger partial charge in [0.05, 0.1) is 7.11 Å². The number of rotatable bonds is 8. The summed E-state index contributed by atoms with van der Waals surface area (Å²) in [4.78, 5) is 22.0. The molecule has 2 atom stereocenters. The van der Waals surface area contributed by atoms with Gasteiger partial charge in [0.2, 0.25) is 5.91 Å². The summed E-state index contributed by atoms with van der Waals surface area (Å²) >= 11 is 0. The number of ether oxygens (including phenoxy) is 1. The predicted molar refractivity (Wildman–Crippen MR) is 106 cm³/mol. The van der Waals surface area contributed by atoms with Crippen LogP contribution >= 0.6 is 0 Å². The Morgan fingerprint density at radius 2 is 2.11 bits per heavy atom. The van der Waals surface area contributed by atoms with E-state index in [-0.39, 0.29) is 17.9 Å². The van der Waals surface area contributed by atoms with Crippen molar-refractivity contribution in [2.45, 2.75) is 51.6 Å². The van der Waals surface area contributed by atoms with E-state index in [0.29, 0.717) is 0 Å². The van der Waals surface area contributed by atoms with Gasteiger partial charge in [-0.05, 0) is 24.1 Å². The zero-order chi connectivity index (χ0) is 19.2. The van der Waals surface area contributed by atoms with Crippen molar-refractivity contribution in [2.24, 2.45) is 0 Å². The lowest BCUT2D eigenvalue weighted by Gasteiger charge is -2.19. The molecule has 3 rings (SSSR count). The summed E-state index contributed by atoms with van der Waals surface area (Å²) in [7, 11) is 1.67. The molecule has 0 unspecified atom stereocenters. The molecular weight excluding hydrogens is 340 g/mol. The molecule has 1 fully saturated rings. The number of nitrogens with one attached hydrogen (secondary N) is 2. The molecule has 0 aliphatic carbocycles. The number of aryl methyl sites for hydroxylation is 1. The molecule has 2 N–H and O–H groups in total. The van der Waals surface area contributed by atoms with Gasteiger partial charge in [-0.25, -0.2) is 4.98 Å². The monoisotopic (exact) mass is 370 g/mol. The Kier molecular flexibility index (Phi) is 6.50. The molecule has 0 bridgehead atoms. The number of amides is 1. The molecule has 6 heteroatoms. The quantitative estimate of drug-likeness (QED) is 0.750. The molecule has 0 radical (unpaired) electrons. The van der Waals surface area contributed by atoms with E-state index >= 15 is 0 Å². The van der Waals surface area contributed by atoms with Crippen molar-refractivity contribution in [1.82, 2.24) is 20.2 Å². The third-order valence-electron chi connectivity index (χ3n) is 5.17. The molecule has 1 aromatic heterocycles. The van der Waals surface area contributed by atoms with Crippen LogP contribution < -0.4 is 10.1 Å². The number of imidazole rings is 1. The molecule has 2 heterocycles. The van der Waals surface area contributed by atoms with Gasteiger partial charge in [-0.3, -0.25) is 9.69 Å². The van der Waals surface area contributed by atoms with Crippen LogP contribution in [0.2, 0.25) is 0 Å². The number of hydrogen-bond donors (Lipinski definition) is 2. The van der Waals surface area contributed by atoms with E-state index in [2.05, 4.69) is 39.2 Å². The van der Waals surface area contributed by atoms with Crippen LogP contribution in [0.15, 0.2) is 30.5 Å². The molecule has 146 valence electrons. The Balaban J connectivity index is 1.68. The zero-order valence-electron chi connectivity index (χ0n) is 16.5. The van der Waals surface area contributed by atoms with E-state index in [9.17, 15) is 4.79 Å². The maximum Gasteiger partial charge on any atom is 0.217 e. The molecular formula is C21H30N4O2. The van der Waals surface area contributed by atoms with Crippen molar-refractivity contribution in [3.05, 3.63) is 47.5 Å². The van der Waals surface area contributed by atoms with Crippen LogP contribution in [0.5, 0.6) is 5.75 Å². The number of carbonyl (C=O) groups is 1. The van der Waals surface area contributed by atoms with Gasteiger partial charge in [-0.2, -0.15) is 0 Å². The first-order valence-electron chi connectivity index (χ1n) is 9.75. The maximum atomic E-state index is 11.7. The summed E-state index contributed by atoms with van der Waals surface area (Å²) in [5, 5.41) is 3.13. The molecule has 0 spiro atoms. The fourth-order valence-corrected chi connectivity index (χ4v) is 3.81. The Hall–Kier alpha value is -2.34. The van der Waals surface area contributed by atoms with Crippen molar-refractivity contribution in [1.29, 1.82) is 0 Å². The van der Waals surface area contributed by atoms with Gasteiger partial charge in [-0.1, -0.05) is 25.5 Å². The van der Waals surface area contributed by atoms with Crippen molar-refractivity contribution in [3.8, 4) is 5.75 Å². The molecule has 27 heavy (non-hydrogen) atoms. The second kappa shape index (κ2) is 9.04. The topological polar surface area (TPSA) is 70.2 Å². The lowest BCUT2D eigenvalue weighted by Crippen LogP contribution is -2.38. The number of hydrogen-bond acceptors (Lipinski definition) is 4. The summed E-state index contributed by atoms with van der Waals surface area (Å²) in [6.07, 6.45) is 5.27. The number of H-pyrrole nitrogens is 1. The van der Waals surface area contributed by atoms with Gasteiger partial charge in [0.25, 0.3) is 0 Å². The lowest BCUT2D eigenvalue weighted by molar-refractivity contribution is -0.119. The molecule has 1 aromatic carbocycles. The van der Waals surface area contributed by atoms with Crippen molar-refractivity contribution < 1.29 is 9.53 Å². The minimum atomic E-state index is 0.0174.